The van der Waals surface area contributed by atoms with Crippen LogP contribution >= 0.6 is 35.0 Å². The summed E-state index contributed by atoms with van der Waals surface area (Å²) in [5.41, 5.74) is 1.29. The molecule has 2 aromatic rings. The maximum atomic E-state index is 6.00. The van der Waals surface area contributed by atoms with Gasteiger partial charge in [0.1, 0.15) is 0 Å². The van der Waals surface area contributed by atoms with Gasteiger partial charge in [-0.1, -0.05) is 41.4 Å². The fourth-order valence-corrected chi connectivity index (χ4v) is 3.35. The summed E-state index contributed by atoms with van der Waals surface area (Å²) in [5.74, 6) is 0.999. The molecule has 2 rings (SSSR count). The summed E-state index contributed by atoms with van der Waals surface area (Å²) in [6.07, 6.45) is 0.987. The third-order valence-corrected chi connectivity index (χ3v) is 4.69. The molecule has 1 atom stereocenters. The Kier molecular flexibility index (Phi) is 6.24. The maximum Gasteiger partial charge on any atom is 0.0417 e. The van der Waals surface area contributed by atoms with E-state index in [1.54, 1.807) is 0 Å². The van der Waals surface area contributed by atoms with Crippen molar-refractivity contribution in [2.24, 2.45) is 0 Å². The van der Waals surface area contributed by atoms with E-state index < -0.39 is 0 Å². The van der Waals surface area contributed by atoms with E-state index in [0.717, 1.165) is 22.2 Å². The van der Waals surface area contributed by atoms with Gasteiger partial charge in [-0.15, -0.1) is 11.8 Å². The van der Waals surface area contributed by atoms with Crippen LogP contribution in [0.3, 0.4) is 0 Å². The van der Waals surface area contributed by atoms with Crippen LogP contribution in [0.1, 0.15) is 5.56 Å². The molecule has 1 nitrogen and oxygen atoms in total. The lowest BCUT2D eigenvalue weighted by Crippen LogP contribution is -2.30. The highest BCUT2D eigenvalue weighted by Gasteiger charge is 2.08. The molecule has 0 aliphatic carbocycles. The molecule has 0 bridgehead atoms. The van der Waals surface area contributed by atoms with Crippen molar-refractivity contribution in [2.45, 2.75) is 17.4 Å². The van der Waals surface area contributed by atoms with Gasteiger partial charge in [-0.25, -0.2) is 0 Å². The molecule has 106 valence electrons. The van der Waals surface area contributed by atoms with Crippen molar-refractivity contribution in [3.63, 3.8) is 0 Å². The molecule has 4 heteroatoms. The molecule has 0 aliphatic heterocycles. The van der Waals surface area contributed by atoms with E-state index in [-0.39, 0.29) is 0 Å². The Morgan fingerprint density at radius 2 is 1.80 bits per heavy atom. The van der Waals surface area contributed by atoms with Gasteiger partial charge in [0.15, 0.2) is 0 Å². The molecule has 0 radical (unpaired) electrons. The molecule has 0 amide bonds. The topological polar surface area (TPSA) is 12.0 Å². The van der Waals surface area contributed by atoms with Gasteiger partial charge in [-0.3, -0.25) is 0 Å². The normalized spacial score (nSPS) is 12.3. The lowest BCUT2D eigenvalue weighted by molar-refractivity contribution is 0.617. The molecule has 0 spiro atoms. The number of hydrogen-bond acceptors (Lipinski definition) is 2. The zero-order valence-corrected chi connectivity index (χ0v) is 13.6. The number of nitrogens with one attached hydrogen (secondary N) is 1. The molecule has 20 heavy (non-hydrogen) atoms. The summed E-state index contributed by atoms with van der Waals surface area (Å²) < 4.78 is 0. The van der Waals surface area contributed by atoms with Crippen LogP contribution in [0.4, 0.5) is 0 Å². The number of benzene rings is 2. The molecular weight excluding hydrogens is 309 g/mol. The monoisotopic (exact) mass is 325 g/mol. The fraction of sp³-hybridized carbons (Fsp3) is 0.250. The van der Waals surface area contributed by atoms with Crippen LogP contribution in [0, 0.1) is 0 Å². The molecule has 0 aliphatic rings. The lowest BCUT2D eigenvalue weighted by Gasteiger charge is -2.16. The average Bonchev–Trinajstić information content (AvgIpc) is 2.45. The number of rotatable bonds is 6. The smallest absolute Gasteiger partial charge is 0.0417 e. The van der Waals surface area contributed by atoms with E-state index in [1.807, 2.05) is 49.1 Å². The van der Waals surface area contributed by atoms with E-state index in [1.165, 1.54) is 10.5 Å². The van der Waals surface area contributed by atoms with Gasteiger partial charge in [0.05, 0.1) is 0 Å². The number of halogens is 2. The van der Waals surface area contributed by atoms with E-state index in [0.29, 0.717) is 6.04 Å². The standard InChI is InChI=1S/C16H17Cl2NS/c1-19-15(9-12-5-7-13(17)8-6-12)11-20-16-4-2-3-14(18)10-16/h2-8,10,15,19H,9,11H2,1H3. The van der Waals surface area contributed by atoms with Gasteiger partial charge in [-0.2, -0.15) is 0 Å². The summed E-state index contributed by atoms with van der Waals surface area (Å²) in [6.45, 7) is 0. The van der Waals surface area contributed by atoms with Crippen molar-refractivity contribution in [1.29, 1.82) is 0 Å². The van der Waals surface area contributed by atoms with Gasteiger partial charge in [-0.05, 0) is 49.4 Å². The van der Waals surface area contributed by atoms with E-state index in [9.17, 15) is 0 Å². The van der Waals surface area contributed by atoms with Gasteiger partial charge < -0.3 is 5.32 Å². The second kappa shape index (κ2) is 7.94. The third-order valence-electron chi connectivity index (χ3n) is 3.05. The van der Waals surface area contributed by atoms with Crippen LogP contribution < -0.4 is 5.32 Å². The SMILES string of the molecule is CNC(CSc1cccc(Cl)c1)Cc1ccc(Cl)cc1. The maximum absolute atomic E-state index is 6.00. The Morgan fingerprint density at radius 3 is 2.45 bits per heavy atom. The first kappa shape index (κ1) is 15.7. The summed E-state index contributed by atoms with van der Waals surface area (Å²) in [7, 11) is 2.00. The zero-order chi connectivity index (χ0) is 14.4. The molecule has 0 fully saturated rings. The molecule has 2 aromatic carbocycles. The third kappa shape index (κ3) is 5.02. The summed E-state index contributed by atoms with van der Waals surface area (Å²) in [4.78, 5) is 1.20. The summed E-state index contributed by atoms with van der Waals surface area (Å²) in [6, 6.07) is 16.4. The van der Waals surface area contributed by atoms with Crippen molar-refractivity contribution in [1.82, 2.24) is 5.32 Å². The van der Waals surface area contributed by atoms with Gasteiger partial charge in [0.25, 0.3) is 0 Å². The minimum Gasteiger partial charge on any atom is -0.316 e. The second-order valence-corrected chi connectivity index (χ2v) is 6.55. The predicted molar refractivity (Wildman–Crippen MR) is 90.2 cm³/mol. The van der Waals surface area contributed by atoms with E-state index in [4.69, 9.17) is 23.2 Å². The van der Waals surface area contributed by atoms with Crippen LogP contribution in [-0.4, -0.2) is 18.8 Å². The largest absolute Gasteiger partial charge is 0.316 e. The van der Waals surface area contributed by atoms with Crippen molar-refractivity contribution in [3.05, 3.63) is 64.1 Å². The lowest BCUT2D eigenvalue weighted by atomic mass is 10.1. The summed E-state index contributed by atoms with van der Waals surface area (Å²) >= 11 is 13.7. The number of thioether (sulfide) groups is 1. The highest BCUT2D eigenvalue weighted by Crippen LogP contribution is 2.23. The minimum absolute atomic E-state index is 0.417. The van der Waals surface area contributed by atoms with E-state index >= 15 is 0 Å². The molecule has 0 heterocycles. The van der Waals surface area contributed by atoms with Crippen LogP contribution in [0.25, 0.3) is 0 Å². The first-order valence-electron chi connectivity index (χ1n) is 6.47. The highest BCUT2D eigenvalue weighted by molar-refractivity contribution is 7.99. The summed E-state index contributed by atoms with van der Waals surface area (Å²) in [5, 5.41) is 4.93. The molecule has 0 aromatic heterocycles. The Labute approximate surface area is 134 Å². The Morgan fingerprint density at radius 1 is 1.05 bits per heavy atom. The van der Waals surface area contributed by atoms with E-state index in [2.05, 4.69) is 23.5 Å². The fourth-order valence-electron chi connectivity index (χ4n) is 1.90. The van der Waals surface area contributed by atoms with Crippen molar-refractivity contribution < 1.29 is 0 Å². The molecule has 0 saturated carbocycles. The van der Waals surface area contributed by atoms with Crippen LogP contribution in [-0.2, 0) is 6.42 Å². The van der Waals surface area contributed by atoms with Crippen molar-refractivity contribution >= 4 is 35.0 Å². The minimum atomic E-state index is 0.417. The van der Waals surface area contributed by atoms with Crippen LogP contribution in [0.2, 0.25) is 10.0 Å². The van der Waals surface area contributed by atoms with Gasteiger partial charge in [0, 0.05) is 26.7 Å². The zero-order valence-electron chi connectivity index (χ0n) is 11.3. The Hall–Kier alpha value is -0.670. The Bertz CT molecular complexity index is 542. The molecular formula is C16H17Cl2NS. The van der Waals surface area contributed by atoms with Crippen molar-refractivity contribution in [2.75, 3.05) is 12.8 Å². The van der Waals surface area contributed by atoms with Gasteiger partial charge in [0.2, 0.25) is 0 Å². The average molecular weight is 326 g/mol. The van der Waals surface area contributed by atoms with Crippen LogP contribution in [0.15, 0.2) is 53.4 Å². The molecule has 1 N–H and O–H groups in total. The first-order valence-corrected chi connectivity index (χ1v) is 8.21. The van der Waals surface area contributed by atoms with Crippen LogP contribution in [0.5, 0.6) is 0 Å². The molecule has 0 saturated heterocycles. The quantitative estimate of drug-likeness (QED) is 0.757. The highest BCUT2D eigenvalue weighted by atomic mass is 35.5. The number of hydrogen-bond donors (Lipinski definition) is 1. The Balaban J connectivity index is 1.90. The second-order valence-electron chi connectivity index (χ2n) is 4.58. The first-order chi connectivity index (χ1) is 9.67. The predicted octanol–water partition coefficient (Wildman–Crippen LogP) is 4.92. The van der Waals surface area contributed by atoms with Crippen molar-refractivity contribution in [3.8, 4) is 0 Å². The molecule has 1 unspecified atom stereocenters. The number of likely N-dealkylation sites (N-methyl/N-ethyl adjacent to an activating group) is 1. The van der Waals surface area contributed by atoms with Gasteiger partial charge >= 0.3 is 0 Å².